The van der Waals surface area contributed by atoms with Crippen LogP contribution >= 0.6 is 0 Å². The third-order valence-corrected chi connectivity index (χ3v) is 2.89. The van der Waals surface area contributed by atoms with Gasteiger partial charge in [-0.05, 0) is 37.1 Å². The number of hydrogen-bond acceptors (Lipinski definition) is 3. The molecule has 2 N–H and O–H groups in total. The molecule has 1 aliphatic carbocycles. The quantitative estimate of drug-likeness (QED) is 0.804. The number of hydroxylamine groups is 1. The predicted octanol–water partition coefficient (Wildman–Crippen LogP) is 2.55. The first kappa shape index (κ1) is 12.4. The molecule has 0 radical (unpaired) electrons. The van der Waals surface area contributed by atoms with E-state index in [1.807, 2.05) is 6.07 Å². The maximum absolute atomic E-state index is 11.5. The SMILES string of the molecule is N#Cc1ccc(NC(=O)NOC2CCCC2)cc1. The summed E-state index contributed by atoms with van der Waals surface area (Å²) in [5.41, 5.74) is 3.57. The fourth-order valence-corrected chi connectivity index (χ4v) is 1.93. The maximum Gasteiger partial charge on any atom is 0.343 e. The molecule has 0 spiro atoms. The molecule has 94 valence electrons. The Morgan fingerprint density at radius 3 is 2.56 bits per heavy atom. The van der Waals surface area contributed by atoms with E-state index >= 15 is 0 Å². The van der Waals surface area contributed by atoms with Crippen LogP contribution in [0.4, 0.5) is 10.5 Å². The molecule has 1 fully saturated rings. The van der Waals surface area contributed by atoms with Gasteiger partial charge >= 0.3 is 6.03 Å². The Morgan fingerprint density at radius 2 is 1.94 bits per heavy atom. The molecule has 0 unspecified atom stereocenters. The number of carbonyl (C=O) groups excluding carboxylic acids is 1. The zero-order valence-electron chi connectivity index (χ0n) is 9.98. The van der Waals surface area contributed by atoms with Crippen LogP contribution in [0, 0.1) is 11.3 Å². The maximum atomic E-state index is 11.5. The highest BCUT2D eigenvalue weighted by Crippen LogP contribution is 2.19. The van der Waals surface area contributed by atoms with Crippen molar-refractivity contribution in [1.29, 1.82) is 5.26 Å². The Hall–Kier alpha value is -2.06. The summed E-state index contributed by atoms with van der Waals surface area (Å²) in [7, 11) is 0. The van der Waals surface area contributed by atoms with Crippen molar-refractivity contribution in [3.05, 3.63) is 29.8 Å². The number of amides is 2. The number of rotatable bonds is 3. The second-order valence-corrected chi connectivity index (χ2v) is 4.27. The van der Waals surface area contributed by atoms with Crippen LogP contribution in [0.25, 0.3) is 0 Å². The highest BCUT2D eigenvalue weighted by Gasteiger charge is 2.16. The molecule has 5 heteroatoms. The van der Waals surface area contributed by atoms with Crippen molar-refractivity contribution >= 4 is 11.7 Å². The molecule has 18 heavy (non-hydrogen) atoms. The summed E-state index contributed by atoms with van der Waals surface area (Å²) < 4.78 is 0. The van der Waals surface area contributed by atoms with Crippen LogP contribution in [0.2, 0.25) is 0 Å². The number of urea groups is 1. The smallest absolute Gasteiger partial charge is 0.306 e. The lowest BCUT2D eigenvalue weighted by atomic mass is 10.2. The molecule has 1 aromatic rings. The minimum atomic E-state index is -0.397. The summed E-state index contributed by atoms with van der Waals surface area (Å²) in [5.74, 6) is 0. The topological polar surface area (TPSA) is 74.2 Å². The van der Waals surface area contributed by atoms with E-state index in [1.165, 1.54) is 0 Å². The first-order valence-corrected chi connectivity index (χ1v) is 6.01. The average Bonchev–Trinajstić information content (AvgIpc) is 2.90. The van der Waals surface area contributed by atoms with Gasteiger partial charge in [-0.1, -0.05) is 12.8 Å². The van der Waals surface area contributed by atoms with E-state index in [0.717, 1.165) is 25.7 Å². The monoisotopic (exact) mass is 245 g/mol. The molecule has 0 atom stereocenters. The largest absolute Gasteiger partial charge is 0.343 e. The minimum Gasteiger partial charge on any atom is -0.306 e. The highest BCUT2D eigenvalue weighted by molar-refractivity contribution is 5.88. The zero-order chi connectivity index (χ0) is 12.8. The molecule has 0 heterocycles. The third-order valence-electron chi connectivity index (χ3n) is 2.89. The van der Waals surface area contributed by atoms with Gasteiger partial charge < -0.3 is 5.32 Å². The molecule has 0 bridgehead atoms. The van der Waals surface area contributed by atoms with Gasteiger partial charge in [-0.3, -0.25) is 4.84 Å². The van der Waals surface area contributed by atoms with Crippen molar-refractivity contribution in [2.24, 2.45) is 0 Å². The Bertz CT molecular complexity index is 444. The fraction of sp³-hybridized carbons (Fsp3) is 0.385. The van der Waals surface area contributed by atoms with Crippen LogP contribution in [-0.4, -0.2) is 12.1 Å². The summed E-state index contributed by atoms with van der Waals surface area (Å²) in [6.07, 6.45) is 4.44. The summed E-state index contributed by atoms with van der Waals surface area (Å²) in [6.45, 7) is 0. The van der Waals surface area contributed by atoms with Gasteiger partial charge in [0.15, 0.2) is 0 Å². The predicted molar refractivity (Wildman–Crippen MR) is 66.7 cm³/mol. The van der Waals surface area contributed by atoms with Crippen molar-refractivity contribution in [3.8, 4) is 6.07 Å². The summed E-state index contributed by atoms with van der Waals surface area (Å²) in [4.78, 5) is 16.8. The minimum absolute atomic E-state index is 0.136. The van der Waals surface area contributed by atoms with Crippen LogP contribution < -0.4 is 10.8 Å². The van der Waals surface area contributed by atoms with Gasteiger partial charge in [-0.25, -0.2) is 10.3 Å². The Morgan fingerprint density at radius 1 is 1.28 bits per heavy atom. The van der Waals surface area contributed by atoms with E-state index in [4.69, 9.17) is 10.1 Å². The van der Waals surface area contributed by atoms with Crippen LogP contribution in [0.5, 0.6) is 0 Å². The first-order valence-electron chi connectivity index (χ1n) is 6.01. The fourth-order valence-electron chi connectivity index (χ4n) is 1.93. The van der Waals surface area contributed by atoms with Crippen LogP contribution in [0.3, 0.4) is 0 Å². The second kappa shape index (κ2) is 6.03. The van der Waals surface area contributed by atoms with Crippen molar-refractivity contribution in [3.63, 3.8) is 0 Å². The van der Waals surface area contributed by atoms with Crippen molar-refractivity contribution < 1.29 is 9.63 Å². The molecule has 1 saturated carbocycles. The summed E-state index contributed by atoms with van der Waals surface area (Å²) in [5, 5.41) is 11.3. The van der Waals surface area contributed by atoms with Gasteiger partial charge in [0.2, 0.25) is 0 Å². The van der Waals surface area contributed by atoms with Gasteiger partial charge in [-0.15, -0.1) is 0 Å². The van der Waals surface area contributed by atoms with Crippen molar-refractivity contribution in [2.75, 3.05) is 5.32 Å². The van der Waals surface area contributed by atoms with Crippen LogP contribution in [0.1, 0.15) is 31.2 Å². The molecule has 2 amide bonds. The first-order chi connectivity index (χ1) is 8.78. The molecule has 0 saturated heterocycles. The number of anilines is 1. The third kappa shape index (κ3) is 3.47. The number of carbonyl (C=O) groups is 1. The van der Waals surface area contributed by atoms with Crippen molar-refractivity contribution in [1.82, 2.24) is 5.48 Å². The van der Waals surface area contributed by atoms with Gasteiger partial charge in [0, 0.05) is 5.69 Å². The number of hydrogen-bond donors (Lipinski definition) is 2. The number of nitrogens with zero attached hydrogens (tertiary/aromatic N) is 1. The molecule has 0 aromatic heterocycles. The van der Waals surface area contributed by atoms with Crippen molar-refractivity contribution in [2.45, 2.75) is 31.8 Å². The molecule has 2 rings (SSSR count). The Balaban J connectivity index is 1.77. The highest BCUT2D eigenvalue weighted by atomic mass is 16.7. The van der Waals surface area contributed by atoms with Gasteiger partial charge in [-0.2, -0.15) is 5.26 Å². The summed E-state index contributed by atoms with van der Waals surface area (Å²) >= 11 is 0. The molecular formula is C13H15N3O2. The molecule has 5 nitrogen and oxygen atoms in total. The number of nitrogens with one attached hydrogen (secondary N) is 2. The van der Waals surface area contributed by atoms with E-state index < -0.39 is 6.03 Å². The molecular weight excluding hydrogens is 230 g/mol. The molecule has 0 aliphatic heterocycles. The van der Waals surface area contributed by atoms with Gasteiger partial charge in [0.05, 0.1) is 17.7 Å². The van der Waals surface area contributed by atoms with Crippen LogP contribution in [-0.2, 0) is 4.84 Å². The summed E-state index contributed by atoms with van der Waals surface area (Å²) in [6, 6.07) is 8.26. The standard InChI is InChI=1S/C13H15N3O2/c14-9-10-5-7-11(8-6-10)15-13(17)16-18-12-3-1-2-4-12/h5-8,12H,1-4H2,(H2,15,16,17). The lowest BCUT2D eigenvalue weighted by molar-refractivity contribution is 0.00336. The number of nitriles is 1. The van der Waals surface area contributed by atoms with E-state index in [1.54, 1.807) is 24.3 Å². The van der Waals surface area contributed by atoms with Gasteiger partial charge in [0.25, 0.3) is 0 Å². The zero-order valence-corrected chi connectivity index (χ0v) is 9.98. The lowest BCUT2D eigenvalue weighted by Crippen LogP contribution is -2.32. The van der Waals surface area contributed by atoms with E-state index in [2.05, 4.69) is 10.8 Å². The van der Waals surface area contributed by atoms with E-state index in [-0.39, 0.29) is 6.10 Å². The van der Waals surface area contributed by atoms with Crippen LogP contribution in [0.15, 0.2) is 24.3 Å². The second-order valence-electron chi connectivity index (χ2n) is 4.27. The lowest BCUT2D eigenvalue weighted by Gasteiger charge is -2.12. The normalized spacial score (nSPS) is 15.1. The van der Waals surface area contributed by atoms with Gasteiger partial charge in [0.1, 0.15) is 0 Å². The molecule has 1 aromatic carbocycles. The van der Waals surface area contributed by atoms with E-state index in [9.17, 15) is 4.79 Å². The average molecular weight is 245 g/mol. The Labute approximate surface area is 106 Å². The number of benzene rings is 1. The Kier molecular flexibility index (Phi) is 4.15. The molecule has 1 aliphatic rings. The van der Waals surface area contributed by atoms with E-state index in [0.29, 0.717) is 11.3 Å².